The van der Waals surface area contributed by atoms with E-state index in [9.17, 15) is 14.0 Å². The minimum Gasteiger partial charge on any atom is -0.368 e. The number of aromatic nitrogens is 1. The van der Waals surface area contributed by atoms with E-state index in [4.69, 9.17) is 11.6 Å². The molecule has 1 amide bonds. The first-order valence-electron chi connectivity index (χ1n) is 10.7. The molecule has 1 aliphatic rings. The van der Waals surface area contributed by atoms with E-state index in [1.807, 2.05) is 36.4 Å². The number of Topliss-reactive ketones (excluding diaryl/α,β-unsaturated/α-hetero) is 1. The Kier molecular flexibility index (Phi) is 5.60. The number of halogens is 2. The van der Waals surface area contributed by atoms with E-state index in [1.54, 1.807) is 39.8 Å². The van der Waals surface area contributed by atoms with Crippen molar-refractivity contribution in [2.75, 3.05) is 31.1 Å². The summed E-state index contributed by atoms with van der Waals surface area (Å²) in [6, 6.07) is 21.1. The maximum absolute atomic E-state index is 13.5. The molecule has 0 atom stereocenters. The van der Waals surface area contributed by atoms with E-state index >= 15 is 0 Å². The van der Waals surface area contributed by atoms with Crippen LogP contribution < -0.4 is 4.90 Å². The van der Waals surface area contributed by atoms with Gasteiger partial charge < -0.3 is 14.2 Å². The third-order valence-corrected chi connectivity index (χ3v) is 6.25. The molecule has 3 heterocycles. The maximum atomic E-state index is 13.5. The van der Waals surface area contributed by atoms with Crippen molar-refractivity contribution in [2.24, 2.45) is 0 Å². The Labute approximate surface area is 195 Å². The van der Waals surface area contributed by atoms with Gasteiger partial charge in [-0.15, -0.1) is 0 Å². The number of hydrogen-bond donors (Lipinski definition) is 0. The van der Waals surface area contributed by atoms with E-state index in [0.29, 0.717) is 42.5 Å². The number of rotatable bonds is 4. The number of hydrogen-bond acceptors (Lipinski definition) is 3. The van der Waals surface area contributed by atoms with E-state index in [-0.39, 0.29) is 5.82 Å². The maximum Gasteiger partial charge on any atom is 0.296 e. The van der Waals surface area contributed by atoms with Crippen LogP contribution >= 0.6 is 11.6 Å². The normalized spacial score (nSPS) is 14.0. The molecule has 7 heteroatoms. The summed E-state index contributed by atoms with van der Waals surface area (Å²) in [5, 5.41) is 0.602. The van der Waals surface area contributed by atoms with Crippen LogP contribution in [0.2, 0.25) is 5.02 Å². The Balaban J connectivity index is 1.41. The number of fused-ring (bicyclic) bond motifs is 1. The van der Waals surface area contributed by atoms with E-state index < -0.39 is 11.7 Å². The highest BCUT2D eigenvalue weighted by molar-refractivity contribution is 6.43. The third kappa shape index (κ3) is 4.10. The van der Waals surface area contributed by atoms with Gasteiger partial charge in [0.2, 0.25) is 0 Å². The van der Waals surface area contributed by atoms with Crippen LogP contribution in [0.25, 0.3) is 16.6 Å². The quantitative estimate of drug-likeness (QED) is 0.320. The lowest BCUT2D eigenvalue weighted by Crippen LogP contribution is -2.50. The number of piperazine rings is 1. The van der Waals surface area contributed by atoms with Crippen LogP contribution in [0.1, 0.15) is 10.5 Å². The summed E-state index contributed by atoms with van der Waals surface area (Å²) < 4.78 is 15.0. The van der Waals surface area contributed by atoms with Gasteiger partial charge in [0.15, 0.2) is 0 Å². The summed E-state index contributed by atoms with van der Waals surface area (Å²) in [6.07, 6.45) is 1.79. The largest absolute Gasteiger partial charge is 0.368 e. The number of amides is 1. The average Bonchev–Trinajstić information content (AvgIpc) is 3.24. The topological polar surface area (TPSA) is 45.0 Å². The molecule has 0 aliphatic carbocycles. The predicted octanol–water partition coefficient (Wildman–Crippen LogP) is 4.93. The molecule has 0 spiro atoms. The molecule has 33 heavy (non-hydrogen) atoms. The zero-order valence-electron chi connectivity index (χ0n) is 17.7. The average molecular weight is 462 g/mol. The molecular weight excluding hydrogens is 441 g/mol. The number of anilines is 1. The van der Waals surface area contributed by atoms with E-state index in [0.717, 1.165) is 16.8 Å². The van der Waals surface area contributed by atoms with E-state index in [2.05, 4.69) is 4.90 Å². The first-order valence-corrected chi connectivity index (χ1v) is 11.1. The molecule has 2 aromatic carbocycles. The highest BCUT2D eigenvalue weighted by Crippen LogP contribution is 2.30. The summed E-state index contributed by atoms with van der Waals surface area (Å²) >= 11 is 6.04. The van der Waals surface area contributed by atoms with Crippen molar-refractivity contribution in [1.82, 2.24) is 9.30 Å². The summed E-state index contributed by atoms with van der Waals surface area (Å²) in [7, 11) is 0. The van der Waals surface area contributed by atoms with Gasteiger partial charge in [0.1, 0.15) is 11.5 Å². The Bertz CT molecular complexity index is 1320. The smallest absolute Gasteiger partial charge is 0.296 e. The van der Waals surface area contributed by atoms with Gasteiger partial charge in [0, 0.05) is 54.2 Å². The Morgan fingerprint density at radius 2 is 1.55 bits per heavy atom. The molecule has 5 rings (SSSR count). The molecule has 1 saturated heterocycles. The van der Waals surface area contributed by atoms with Gasteiger partial charge in [-0.25, -0.2) is 4.39 Å². The van der Waals surface area contributed by atoms with Gasteiger partial charge in [-0.1, -0.05) is 29.8 Å². The number of pyridine rings is 1. The second-order valence-electron chi connectivity index (χ2n) is 7.99. The number of carbonyl (C=O) groups excluding carboxylic acids is 2. The van der Waals surface area contributed by atoms with Gasteiger partial charge in [0.05, 0.1) is 0 Å². The molecule has 0 N–H and O–H groups in total. The monoisotopic (exact) mass is 461 g/mol. The first kappa shape index (κ1) is 21.2. The van der Waals surface area contributed by atoms with Gasteiger partial charge in [-0.2, -0.15) is 0 Å². The highest BCUT2D eigenvalue weighted by Gasteiger charge is 2.30. The second-order valence-corrected chi connectivity index (χ2v) is 8.43. The molecular formula is C26H21ClFN3O2. The lowest BCUT2D eigenvalue weighted by atomic mass is 10.0. The zero-order chi connectivity index (χ0) is 22.9. The van der Waals surface area contributed by atoms with Crippen molar-refractivity contribution in [3.63, 3.8) is 0 Å². The van der Waals surface area contributed by atoms with Crippen molar-refractivity contribution in [3.8, 4) is 11.1 Å². The van der Waals surface area contributed by atoms with Crippen LogP contribution in [-0.4, -0.2) is 47.2 Å². The number of carbonyl (C=O) groups is 2. The van der Waals surface area contributed by atoms with Crippen LogP contribution in [0.15, 0.2) is 79.0 Å². The SMILES string of the molecule is O=C(C(=O)N1CCN(c2ccc(F)cc2)CC1)c1c(-c2ccc(Cl)cc2)cc2ccccn12. The highest BCUT2D eigenvalue weighted by atomic mass is 35.5. The predicted molar refractivity (Wildman–Crippen MR) is 127 cm³/mol. The number of benzene rings is 2. The molecule has 0 unspecified atom stereocenters. The minimum atomic E-state index is -0.540. The summed E-state index contributed by atoms with van der Waals surface area (Å²) in [6.45, 7) is 1.98. The number of nitrogens with zero attached hydrogens (tertiary/aromatic N) is 3. The van der Waals surface area contributed by atoms with Gasteiger partial charge in [-0.05, 0) is 60.2 Å². The number of ketones is 1. The lowest BCUT2D eigenvalue weighted by Gasteiger charge is -2.35. The summed E-state index contributed by atoms with van der Waals surface area (Å²) in [4.78, 5) is 30.4. The van der Waals surface area contributed by atoms with E-state index in [1.165, 1.54) is 12.1 Å². The molecule has 166 valence electrons. The second kappa shape index (κ2) is 8.71. The molecule has 5 nitrogen and oxygen atoms in total. The molecule has 2 aromatic heterocycles. The van der Waals surface area contributed by atoms with Crippen LogP contribution in [0.4, 0.5) is 10.1 Å². The Hall–Kier alpha value is -3.64. The van der Waals surface area contributed by atoms with Crippen LogP contribution in [0.3, 0.4) is 0 Å². The standard InChI is InChI=1S/C26H21ClFN3O2/c27-19-6-4-18(5-7-19)23-17-22-3-1-2-12-31(22)24(23)25(32)26(33)30-15-13-29(14-16-30)21-10-8-20(28)9-11-21/h1-12,17H,13-16H2. The van der Waals surface area contributed by atoms with Crippen LogP contribution in [0.5, 0.6) is 0 Å². The third-order valence-electron chi connectivity index (χ3n) is 6.00. The minimum absolute atomic E-state index is 0.283. The zero-order valence-corrected chi connectivity index (χ0v) is 18.5. The van der Waals surface area contributed by atoms with Crippen molar-refractivity contribution >= 4 is 34.5 Å². The van der Waals surface area contributed by atoms with Gasteiger partial charge >= 0.3 is 0 Å². The molecule has 1 aliphatic heterocycles. The first-order chi connectivity index (χ1) is 16.0. The fourth-order valence-electron chi connectivity index (χ4n) is 4.27. The fraction of sp³-hybridized carbons (Fsp3) is 0.154. The van der Waals surface area contributed by atoms with Crippen LogP contribution in [-0.2, 0) is 4.79 Å². The molecule has 1 fully saturated rings. The fourth-order valence-corrected chi connectivity index (χ4v) is 4.40. The Morgan fingerprint density at radius 3 is 2.24 bits per heavy atom. The summed E-state index contributed by atoms with van der Waals surface area (Å²) in [5.74, 6) is -1.34. The van der Waals surface area contributed by atoms with Crippen LogP contribution in [0, 0.1) is 5.82 Å². The summed E-state index contributed by atoms with van der Waals surface area (Å²) in [5.41, 5.74) is 3.59. The molecule has 0 bridgehead atoms. The van der Waals surface area contributed by atoms with Gasteiger partial charge in [-0.3, -0.25) is 9.59 Å². The molecule has 4 aromatic rings. The molecule has 0 radical (unpaired) electrons. The van der Waals surface area contributed by atoms with Crippen molar-refractivity contribution in [3.05, 3.63) is 95.5 Å². The molecule has 0 saturated carbocycles. The lowest BCUT2D eigenvalue weighted by molar-refractivity contribution is -0.126. The Morgan fingerprint density at radius 1 is 0.848 bits per heavy atom. The van der Waals surface area contributed by atoms with Crippen molar-refractivity contribution in [1.29, 1.82) is 0 Å². The van der Waals surface area contributed by atoms with Gasteiger partial charge in [0.25, 0.3) is 11.7 Å². The van der Waals surface area contributed by atoms with Crippen molar-refractivity contribution < 1.29 is 14.0 Å². The van der Waals surface area contributed by atoms with Crippen molar-refractivity contribution in [2.45, 2.75) is 0 Å².